The second-order valence-corrected chi connectivity index (χ2v) is 5.29. The molecule has 96 valence electrons. The number of ether oxygens (including phenoxy) is 1. The number of aromatic nitrogens is 1. The highest BCUT2D eigenvalue weighted by molar-refractivity contribution is 7.89. The van der Waals surface area contributed by atoms with E-state index in [1.165, 1.54) is 7.11 Å². The molecule has 1 heterocycles. The highest BCUT2D eigenvalue weighted by atomic mass is 35.5. The Balaban J connectivity index is 2.88. The number of hydrogen-bond donors (Lipinski definition) is 1. The van der Waals surface area contributed by atoms with E-state index in [4.69, 9.17) is 16.3 Å². The molecule has 0 radical (unpaired) electrons. The van der Waals surface area contributed by atoms with Gasteiger partial charge in [-0.05, 0) is 6.07 Å². The number of pyridine rings is 1. The van der Waals surface area contributed by atoms with Gasteiger partial charge in [0.05, 0.1) is 18.8 Å². The number of rotatable bonds is 6. The minimum atomic E-state index is -3.83. The zero-order valence-corrected chi connectivity index (χ0v) is 10.6. The van der Waals surface area contributed by atoms with Crippen molar-refractivity contribution in [2.75, 3.05) is 19.6 Å². The van der Waals surface area contributed by atoms with Crippen molar-refractivity contribution in [1.82, 2.24) is 9.71 Å². The number of halogens is 2. The third kappa shape index (κ3) is 4.19. The molecule has 5 nitrogen and oxygen atoms in total. The van der Waals surface area contributed by atoms with Crippen molar-refractivity contribution in [1.29, 1.82) is 0 Å². The van der Waals surface area contributed by atoms with Crippen molar-refractivity contribution in [3.8, 4) is 0 Å². The van der Waals surface area contributed by atoms with Gasteiger partial charge in [-0.1, -0.05) is 0 Å². The molecule has 0 bridgehead atoms. The summed E-state index contributed by atoms with van der Waals surface area (Å²) in [6.45, 7) is 0.130. The number of sulfonamides is 1. The molecule has 0 fully saturated rings. The number of methoxy groups -OCH3 is 1. The smallest absolute Gasteiger partial charge is 0.242 e. The molecule has 0 aliphatic carbocycles. The van der Waals surface area contributed by atoms with Gasteiger partial charge in [0.25, 0.3) is 0 Å². The molecule has 8 heteroatoms. The van der Waals surface area contributed by atoms with Gasteiger partial charge in [0.1, 0.15) is 10.7 Å². The number of nitrogens with zero attached hydrogens (tertiary/aromatic N) is 1. The molecule has 1 unspecified atom stereocenters. The van der Waals surface area contributed by atoms with Crippen LogP contribution in [0.4, 0.5) is 4.39 Å². The summed E-state index contributed by atoms with van der Waals surface area (Å²) in [4.78, 5) is 3.22. The van der Waals surface area contributed by atoms with E-state index in [9.17, 15) is 12.8 Å². The van der Waals surface area contributed by atoms with Crippen LogP contribution in [0.5, 0.6) is 0 Å². The summed E-state index contributed by atoms with van der Waals surface area (Å²) < 4.78 is 43.5. The van der Waals surface area contributed by atoms with Crippen LogP contribution in [-0.4, -0.2) is 39.0 Å². The Bertz CT molecular complexity index is 469. The highest BCUT2D eigenvalue weighted by Crippen LogP contribution is 2.09. The van der Waals surface area contributed by atoms with E-state index < -0.39 is 21.9 Å². The quantitative estimate of drug-likeness (QED) is 0.782. The van der Waals surface area contributed by atoms with Crippen LogP contribution in [-0.2, 0) is 14.8 Å². The van der Waals surface area contributed by atoms with E-state index in [-0.39, 0.29) is 17.4 Å². The van der Waals surface area contributed by atoms with Crippen LogP contribution in [0.2, 0.25) is 0 Å². The fraction of sp³-hybridized carbons (Fsp3) is 0.444. The van der Waals surface area contributed by atoms with Crippen molar-refractivity contribution in [2.24, 2.45) is 0 Å². The Kier molecular flexibility index (Phi) is 5.26. The highest BCUT2D eigenvalue weighted by Gasteiger charge is 2.20. The predicted molar refractivity (Wildman–Crippen MR) is 60.9 cm³/mol. The van der Waals surface area contributed by atoms with E-state index in [0.717, 1.165) is 18.5 Å². The summed E-state index contributed by atoms with van der Waals surface area (Å²) >= 11 is 5.57. The van der Waals surface area contributed by atoms with Crippen LogP contribution in [0, 0.1) is 5.82 Å². The predicted octanol–water partition coefficient (Wildman–Crippen LogP) is 0.753. The Hall–Kier alpha value is -0.760. The Morgan fingerprint density at radius 3 is 2.82 bits per heavy atom. The van der Waals surface area contributed by atoms with Crippen LogP contribution in [0.25, 0.3) is 0 Å². The molecule has 1 N–H and O–H groups in total. The van der Waals surface area contributed by atoms with Gasteiger partial charge in [-0.15, -0.1) is 11.6 Å². The monoisotopic (exact) mass is 282 g/mol. The van der Waals surface area contributed by atoms with Crippen molar-refractivity contribution < 1.29 is 17.5 Å². The lowest BCUT2D eigenvalue weighted by molar-refractivity contribution is 0.181. The van der Waals surface area contributed by atoms with Crippen molar-refractivity contribution in [2.45, 2.75) is 10.9 Å². The Morgan fingerprint density at radius 2 is 2.29 bits per heavy atom. The maximum atomic E-state index is 12.9. The van der Waals surface area contributed by atoms with Gasteiger partial charge < -0.3 is 4.74 Å². The van der Waals surface area contributed by atoms with Crippen LogP contribution in [0.3, 0.4) is 0 Å². The molecule has 0 aliphatic heterocycles. The second kappa shape index (κ2) is 6.25. The lowest BCUT2D eigenvalue weighted by Gasteiger charge is -2.14. The summed E-state index contributed by atoms with van der Waals surface area (Å²) in [6, 6.07) is 0.308. The van der Waals surface area contributed by atoms with E-state index >= 15 is 0 Å². The first-order chi connectivity index (χ1) is 7.99. The fourth-order valence-corrected chi connectivity index (χ4v) is 2.59. The van der Waals surface area contributed by atoms with Crippen LogP contribution < -0.4 is 4.72 Å². The molecule has 1 aromatic heterocycles. The molecule has 1 rings (SSSR count). The molecule has 0 spiro atoms. The van der Waals surface area contributed by atoms with Gasteiger partial charge in [-0.2, -0.15) is 0 Å². The largest absolute Gasteiger partial charge is 0.383 e. The zero-order chi connectivity index (χ0) is 12.9. The Morgan fingerprint density at radius 1 is 1.59 bits per heavy atom. The summed E-state index contributed by atoms with van der Waals surface area (Å²) in [5, 5.41) is 0. The van der Waals surface area contributed by atoms with Gasteiger partial charge >= 0.3 is 0 Å². The van der Waals surface area contributed by atoms with Crippen molar-refractivity contribution >= 4 is 21.6 Å². The SMILES string of the molecule is COCC(CCl)NS(=O)(=O)c1cncc(F)c1. The third-order valence-electron chi connectivity index (χ3n) is 1.87. The van der Waals surface area contributed by atoms with Crippen LogP contribution in [0.15, 0.2) is 23.4 Å². The molecule has 0 saturated carbocycles. The average Bonchev–Trinajstić information content (AvgIpc) is 2.28. The Labute approximate surface area is 104 Å². The molecule has 0 saturated heterocycles. The van der Waals surface area contributed by atoms with E-state index in [2.05, 4.69) is 9.71 Å². The van der Waals surface area contributed by atoms with Crippen molar-refractivity contribution in [3.63, 3.8) is 0 Å². The summed E-state index contributed by atoms with van der Waals surface area (Å²) in [5.74, 6) is -0.669. The molecule has 0 amide bonds. The van der Waals surface area contributed by atoms with Crippen molar-refractivity contribution in [3.05, 3.63) is 24.3 Å². The molecule has 0 aromatic carbocycles. The summed E-state index contributed by atoms with van der Waals surface area (Å²) in [7, 11) is -2.41. The fourth-order valence-electron chi connectivity index (χ4n) is 1.14. The minimum Gasteiger partial charge on any atom is -0.383 e. The standard InChI is InChI=1S/C9H12ClFN2O3S/c1-16-6-8(3-10)13-17(14,15)9-2-7(11)4-12-5-9/h2,4-5,8,13H,3,6H2,1H3. The summed E-state index contributed by atoms with van der Waals surface area (Å²) in [6.07, 6.45) is 1.98. The normalized spacial score (nSPS) is 13.6. The molecule has 0 aliphatic rings. The summed E-state index contributed by atoms with van der Waals surface area (Å²) in [5.41, 5.74) is 0. The first-order valence-electron chi connectivity index (χ1n) is 4.67. The van der Waals surface area contributed by atoms with Gasteiger partial charge in [0.15, 0.2) is 0 Å². The molecule has 1 atom stereocenters. The molecular formula is C9H12ClFN2O3S. The third-order valence-corrected chi connectivity index (χ3v) is 3.73. The van der Waals surface area contributed by atoms with Crippen LogP contribution >= 0.6 is 11.6 Å². The lowest BCUT2D eigenvalue weighted by atomic mass is 10.4. The molecule has 1 aromatic rings. The average molecular weight is 283 g/mol. The minimum absolute atomic E-state index is 0.0514. The second-order valence-electron chi connectivity index (χ2n) is 3.27. The zero-order valence-electron chi connectivity index (χ0n) is 9.06. The van der Waals surface area contributed by atoms with Crippen LogP contribution in [0.1, 0.15) is 0 Å². The maximum Gasteiger partial charge on any atom is 0.242 e. The van der Waals surface area contributed by atoms with Gasteiger partial charge in [0.2, 0.25) is 10.0 Å². The molecular weight excluding hydrogens is 271 g/mol. The van der Waals surface area contributed by atoms with E-state index in [0.29, 0.717) is 0 Å². The number of alkyl halides is 1. The number of nitrogens with one attached hydrogen (secondary N) is 1. The molecule has 17 heavy (non-hydrogen) atoms. The first kappa shape index (κ1) is 14.3. The first-order valence-corrected chi connectivity index (χ1v) is 6.69. The van der Waals surface area contributed by atoms with Gasteiger partial charge in [0, 0.05) is 19.2 Å². The van der Waals surface area contributed by atoms with Gasteiger partial charge in [-0.3, -0.25) is 4.98 Å². The van der Waals surface area contributed by atoms with Gasteiger partial charge in [-0.25, -0.2) is 17.5 Å². The van der Waals surface area contributed by atoms with E-state index in [1.807, 2.05) is 0 Å². The maximum absolute atomic E-state index is 12.9. The van der Waals surface area contributed by atoms with E-state index in [1.54, 1.807) is 0 Å². The lowest BCUT2D eigenvalue weighted by Crippen LogP contribution is -2.39. The number of hydrogen-bond acceptors (Lipinski definition) is 4. The topological polar surface area (TPSA) is 68.3 Å².